The van der Waals surface area contributed by atoms with Crippen LogP contribution in [0.3, 0.4) is 0 Å². The van der Waals surface area contributed by atoms with E-state index in [1.54, 1.807) is 4.90 Å². The van der Waals surface area contributed by atoms with Gasteiger partial charge >= 0.3 is 6.18 Å². The van der Waals surface area contributed by atoms with Gasteiger partial charge in [0.05, 0.1) is 17.9 Å². The number of ether oxygens (including phenoxy) is 1. The van der Waals surface area contributed by atoms with Crippen LogP contribution in [0.5, 0.6) is 5.75 Å². The number of halogens is 4. The van der Waals surface area contributed by atoms with Gasteiger partial charge in [-0.3, -0.25) is 9.89 Å². The predicted octanol–water partition coefficient (Wildman–Crippen LogP) is 4.82. The molecule has 0 unspecified atom stereocenters. The van der Waals surface area contributed by atoms with Crippen molar-refractivity contribution < 1.29 is 27.1 Å². The van der Waals surface area contributed by atoms with Gasteiger partial charge in [0.25, 0.3) is 5.91 Å². The average Bonchev–Trinajstić information content (AvgIpc) is 3.43. The van der Waals surface area contributed by atoms with Crippen LogP contribution in [-0.2, 0) is 12.6 Å². The van der Waals surface area contributed by atoms with Crippen molar-refractivity contribution in [2.24, 2.45) is 0 Å². The highest BCUT2D eigenvalue weighted by atomic mass is 19.4. The Bertz CT molecular complexity index is 1080. The van der Waals surface area contributed by atoms with E-state index in [2.05, 4.69) is 10.2 Å². The Morgan fingerprint density at radius 2 is 1.94 bits per heavy atom. The summed E-state index contributed by atoms with van der Waals surface area (Å²) in [5, 5.41) is 7.26. The first-order chi connectivity index (χ1) is 15.3. The van der Waals surface area contributed by atoms with Crippen LogP contribution in [0.15, 0.2) is 54.6 Å². The van der Waals surface area contributed by atoms with E-state index < -0.39 is 11.7 Å². The lowest BCUT2D eigenvalue weighted by Gasteiger charge is -2.16. The summed E-state index contributed by atoms with van der Waals surface area (Å²) in [6.45, 7) is 1.30. The molecule has 1 amide bonds. The molecule has 9 heteroatoms. The molecule has 0 saturated carbocycles. The molecule has 2 heterocycles. The lowest BCUT2D eigenvalue weighted by molar-refractivity contribution is -0.137. The third kappa shape index (κ3) is 5.09. The summed E-state index contributed by atoms with van der Waals surface area (Å²) in [5.74, 6) is -0.293. The topological polar surface area (TPSA) is 58.2 Å². The quantitative estimate of drug-likeness (QED) is 0.552. The van der Waals surface area contributed by atoms with E-state index in [9.17, 15) is 22.4 Å². The zero-order valence-electron chi connectivity index (χ0n) is 17.0. The Hall–Kier alpha value is -3.36. The van der Waals surface area contributed by atoms with Crippen LogP contribution in [0.1, 0.15) is 39.6 Å². The van der Waals surface area contributed by atoms with Crippen molar-refractivity contribution in [3.8, 4) is 5.75 Å². The Morgan fingerprint density at radius 1 is 1.16 bits per heavy atom. The molecule has 1 saturated heterocycles. The molecule has 1 aliphatic rings. The Balaban J connectivity index is 1.30. The summed E-state index contributed by atoms with van der Waals surface area (Å²) >= 11 is 0. The third-order valence-electron chi connectivity index (χ3n) is 5.44. The summed E-state index contributed by atoms with van der Waals surface area (Å²) < 4.78 is 56.9. The molecule has 0 spiro atoms. The number of aromatic nitrogens is 2. The van der Waals surface area contributed by atoms with Crippen molar-refractivity contribution in [2.75, 3.05) is 19.7 Å². The number of alkyl halides is 3. The van der Waals surface area contributed by atoms with Gasteiger partial charge in [0.1, 0.15) is 11.6 Å². The molecule has 1 aliphatic heterocycles. The van der Waals surface area contributed by atoms with Crippen molar-refractivity contribution in [3.63, 3.8) is 0 Å². The minimum atomic E-state index is -4.41. The van der Waals surface area contributed by atoms with E-state index in [0.717, 1.165) is 29.9 Å². The van der Waals surface area contributed by atoms with Crippen molar-refractivity contribution in [1.82, 2.24) is 15.1 Å². The molecule has 2 aromatic carbocycles. The van der Waals surface area contributed by atoms with Crippen LogP contribution in [0.2, 0.25) is 0 Å². The molecule has 4 rings (SSSR count). The Morgan fingerprint density at radius 3 is 2.69 bits per heavy atom. The number of amides is 1. The van der Waals surface area contributed by atoms with E-state index in [1.807, 2.05) is 6.07 Å². The molecule has 168 valence electrons. The molecule has 0 bridgehead atoms. The van der Waals surface area contributed by atoms with Gasteiger partial charge in [0.2, 0.25) is 0 Å². The molecule has 1 atom stereocenters. The molecule has 1 aromatic heterocycles. The molecular formula is C23H21F4N3O2. The normalized spacial score (nSPS) is 16.4. The van der Waals surface area contributed by atoms with Crippen molar-refractivity contribution in [3.05, 3.63) is 82.9 Å². The van der Waals surface area contributed by atoms with Crippen LogP contribution in [-0.4, -0.2) is 40.7 Å². The number of carbonyl (C=O) groups is 1. The van der Waals surface area contributed by atoms with Crippen molar-refractivity contribution >= 4 is 5.91 Å². The van der Waals surface area contributed by atoms with E-state index in [1.165, 1.54) is 36.4 Å². The first kappa shape index (κ1) is 21.9. The molecule has 0 aliphatic carbocycles. The maximum absolute atomic E-state index is 13.1. The smallest absolute Gasteiger partial charge is 0.416 e. The molecule has 3 aromatic rings. The van der Waals surface area contributed by atoms with Gasteiger partial charge < -0.3 is 9.64 Å². The number of benzene rings is 2. The van der Waals surface area contributed by atoms with E-state index in [4.69, 9.17) is 4.74 Å². The van der Waals surface area contributed by atoms with Crippen LogP contribution in [0, 0.1) is 5.82 Å². The first-order valence-electron chi connectivity index (χ1n) is 10.2. The lowest BCUT2D eigenvalue weighted by Crippen LogP contribution is -2.28. The van der Waals surface area contributed by atoms with Gasteiger partial charge in [-0.1, -0.05) is 6.07 Å². The first-order valence-corrected chi connectivity index (χ1v) is 10.2. The average molecular weight is 447 g/mol. The minimum Gasteiger partial charge on any atom is -0.493 e. The standard InChI is InChI=1S/C23H21F4N3O2/c24-18-6-4-15(5-7-18)22(31)30-10-8-16(14-30)21-13-19(28-29-21)9-11-32-20-3-1-2-17(12-20)23(25,26)27/h1-7,12-13,16H,8-11,14H2,(H,28,29)/t16-/m1/s1. The Kier molecular flexibility index (Phi) is 6.16. The zero-order valence-corrected chi connectivity index (χ0v) is 17.0. The second kappa shape index (κ2) is 9.02. The summed E-state index contributed by atoms with van der Waals surface area (Å²) in [4.78, 5) is 14.3. The fourth-order valence-corrected chi connectivity index (χ4v) is 3.72. The molecule has 5 nitrogen and oxygen atoms in total. The third-order valence-corrected chi connectivity index (χ3v) is 5.44. The van der Waals surface area contributed by atoms with Crippen LogP contribution in [0.4, 0.5) is 17.6 Å². The summed E-state index contributed by atoms with van der Waals surface area (Å²) in [6, 6.07) is 12.1. The van der Waals surface area contributed by atoms with Gasteiger partial charge in [0, 0.05) is 36.7 Å². The highest BCUT2D eigenvalue weighted by Crippen LogP contribution is 2.31. The van der Waals surface area contributed by atoms with Gasteiger partial charge in [-0.05, 0) is 55.0 Å². The fraction of sp³-hybridized carbons (Fsp3) is 0.304. The monoisotopic (exact) mass is 447 g/mol. The van der Waals surface area contributed by atoms with Crippen LogP contribution >= 0.6 is 0 Å². The number of likely N-dealkylation sites (tertiary alicyclic amines) is 1. The largest absolute Gasteiger partial charge is 0.493 e. The lowest BCUT2D eigenvalue weighted by atomic mass is 10.0. The van der Waals surface area contributed by atoms with E-state index >= 15 is 0 Å². The highest BCUT2D eigenvalue weighted by molar-refractivity contribution is 5.94. The molecule has 32 heavy (non-hydrogen) atoms. The van der Waals surface area contributed by atoms with Crippen molar-refractivity contribution in [2.45, 2.75) is 24.9 Å². The summed E-state index contributed by atoms with van der Waals surface area (Å²) in [6.07, 6.45) is -3.20. The SMILES string of the molecule is O=C(c1ccc(F)cc1)N1CC[C@@H](c2cc(CCOc3cccc(C(F)(F)F)c3)[nH]n2)C1. The minimum absolute atomic E-state index is 0.0776. The van der Waals surface area contributed by atoms with Gasteiger partial charge in [0.15, 0.2) is 0 Å². The summed E-state index contributed by atoms with van der Waals surface area (Å²) in [7, 11) is 0. The number of nitrogens with zero attached hydrogens (tertiary/aromatic N) is 2. The van der Waals surface area contributed by atoms with Crippen LogP contribution < -0.4 is 4.74 Å². The number of hydrogen-bond donors (Lipinski definition) is 1. The maximum Gasteiger partial charge on any atom is 0.416 e. The highest BCUT2D eigenvalue weighted by Gasteiger charge is 2.31. The number of nitrogens with one attached hydrogen (secondary N) is 1. The van der Waals surface area contributed by atoms with Crippen LogP contribution in [0.25, 0.3) is 0 Å². The number of H-pyrrole nitrogens is 1. The number of aromatic amines is 1. The van der Waals surface area contributed by atoms with E-state index in [0.29, 0.717) is 25.1 Å². The van der Waals surface area contributed by atoms with Gasteiger partial charge in [-0.2, -0.15) is 18.3 Å². The second-order valence-corrected chi connectivity index (χ2v) is 7.69. The number of carbonyl (C=O) groups excluding carboxylic acids is 1. The number of hydrogen-bond acceptors (Lipinski definition) is 3. The summed E-state index contributed by atoms with van der Waals surface area (Å²) in [5.41, 5.74) is 1.32. The maximum atomic E-state index is 13.1. The van der Waals surface area contributed by atoms with Crippen molar-refractivity contribution in [1.29, 1.82) is 0 Å². The number of rotatable bonds is 6. The molecule has 1 N–H and O–H groups in total. The zero-order chi connectivity index (χ0) is 22.7. The molecule has 0 radical (unpaired) electrons. The van der Waals surface area contributed by atoms with Gasteiger partial charge in [-0.25, -0.2) is 4.39 Å². The van der Waals surface area contributed by atoms with E-state index in [-0.39, 0.29) is 30.0 Å². The predicted molar refractivity (Wildman–Crippen MR) is 109 cm³/mol. The Labute approximate surface area is 182 Å². The molecule has 1 fully saturated rings. The van der Waals surface area contributed by atoms with Gasteiger partial charge in [-0.15, -0.1) is 0 Å². The fourth-order valence-electron chi connectivity index (χ4n) is 3.72. The second-order valence-electron chi connectivity index (χ2n) is 7.69. The molecular weight excluding hydrogens is 426 g/mol.